The number of esters is 7. The van der Waals surface area contributed by atoms with Crippen LogP contribution < -0.4 is 0 Å². The van der Waals surface area contributed by atoms with E-state index in [1.807, 2.05) is 0 Å². The first kappa shape index (κ1) is 36.3. The Hall–Kier alpha value is -3.90. The molecule has 2 heterocycles. The highest BCUT2D eigenvalue weighted by Crippen LogP contribution is 2.35. The Balaban J connectivity index is 2.66. The summed E-state index contributed by atoms with van der Waals surface area (Å²) in [6, 6.07) is 0. The minimum atomic E-state index is -2.40. The van der Waals surface area contributed by atoms with E-state index >= 15 is 4.39 Å². The smallest absolute Gasteiger partial charge is 0.303 e. The van der Waals surface area contributed by atoms with Crippen LogP contribution in [0.4, 0.5) is 4.39 Å². The fraction of sp³-hybridized carbons (Fsp3) is 0.731. The molecule has 44 heavy (non-hydrogen) atoms. The molecule has 0 radical (unpaired) electrons. The quantitative estimate of drug-likeness (QED) is 0.207. The Morgan fingerprint density at radius 3 is 1.27 bits per heavy atom. The first-order valence-electron chi connectivity index (χ1n) is 13.2. The molecule has 0 amide bonds. The Kier molecular flexibility index (Phi) is 13.4. The second kappa shape index (κ2) is 16.2. The van der Waals surface area contributed by atoms with Crippen molar-refractivity contribution >= 4 is 41.8 Å². The van der Waals surface area contributed by atoms with Gasteiger partial charge in [0.25, 0.3) is 0 Å². The van der Waals surface area contributed by atoms with Crippen LogP contribution in [0, 0.1) is 0 Å². The molecule has 0 aliphatic carbocycles. The third-order valence-corrected chi connectivity index (χ3v) is 5.87. The van der Waals surface area contributed by atoms with E-state index < -0.39 is 116 Å². The van der Waals surface area contributed by atoms with E-state index in [0.29, 0.717) is 0 Å². The molecular formula is C26H35FO17. The molecule has 0 N–H and O–H groups in total. The minimum absolute atomic E-state index is 0.592. The second-order valence-corrected chi connectivity index (χ2v) is 9.64. The van der Waals surface area contributed by atoms with E-state index in [1.165, 1.54) is 0 Å². The molecule has 2 rings (SSSR count). The molecule has 0 aromatic rings. The van der Waals surface area contributed by atoms with Gasteiger partial charge in [-0.1, -0.05) is 0 Å². The zero-order valence-electron chi connectivity index (χ0n) is 25.0. The zero-order valence-corrected chi connectivity index (χ0v) is 25.0. The summed E-state index contributed by atoms with van der Waals surface area (Å²) >= 11 is 0. The van der Waals surface area contributed by atoms with Crippen molar-refractivity contribution in [1.29, 1.82) is 0 Å². The van der Waals surface area contributed by atoms with Crippen LogP contribution in [0.1, 0.15) is 48.5 Å². The van der Waals surface area contributed by atoms with Crippen molar-refractivity contribution in [1.82, 2.24) is 0 Å². The van der Waals surface area contributed by atoms with Crippen molar-refractivity contribution in [2.45, 2.75) is 110 Å². The van der Waals surface area contributed by atoms with E-state index in [9.17, 15) is 33.6 Å². The maximum atomic E-state index is 15.2. The Bertz CT molecular complexity index is 1090. The first-order chi connectivity index (χ1) is 20.5. The number of halogens is 1. The Morgan fingerprint density at radius 2 is 0.841 bits per heavy atom. The normalized spacial score (nSPS) is 31.5. The summed E-state index contributed by atoms with van der Waals surface area (Å²) < 4.78 is 68.6. The lowest BCUT2D eigenvalue weighted by Crippen LogP contribution is -2.66. The van der Waals surface area contributed by atoms with Gasteiger partial charge < -0.3 is 47.4 Å². The third kappa shape index (κ3) is 10.7. The largest absolute Gasteiger partial charge is 0.463 e. The van der Waals surface area contributed by atoms with Crippen LogP contribution in [0.15, 0.2) is 0 Å². The lowest BCUT2D eigenvalue weighted by atomic mass is 9.96. The van der Waals surface area contributed by atoms with Gasteiger partial charge in [0, 0.05) is 48.5 Å². The number of alkyl halides is 1. The van der Waals surface area contributed by atoms with Gasteiger partial charge in [-0.3, -0.25) is 33.6 Å². The fourth-order valence-corrected chi connectivity index (χ4v) is 4.46. The summed E-state index contributed by atoms with van der Waals surface area (Å²) in [6.07, 6.45) is -17.5. The highest BCUT2D eigenvalue weighted by molar-refractivity contribution is 5.69. The van der Waals surface area contributed by atoms with Crippen molar-refractivity contribution in [3.63, 3.8) is 0 Å². The van der Waals surface area contributed by atoms with Crippen molar-refractivity contribution in [3.8, 4) is 0 Å². The summed E-state index contributed by atoms with van der Waals surface area (Å²) in [6.45, 7) is 5.83. The summed E-state index contributed by atoms with van der Waals surface area (Å²) in [5.74, 6) is -6.27. The highest BCUT2D eigenvalue weighted by Gasteiger charge is 2.57. The molecule has 248 valence electrons. The standard InChI is InChI=1S/C26H35FO17/c1-10(28)35-8-17-20(21(38-13(4)31)23(25(27)42-17)40-15(6)33)44-26-24(41-16(7)34)22(39-14(5)32)19(37-12(3)30)18(43-26)9-36-11(2)29/h17-26H,8-9H2,1-7H3/t17?,18?,19-,20-,21?,22?,23+,24+,25-,26+/m1/s1. The summed E-state index contributed by atoms with van der Waals surface area (Å²) in [4.78, 5) is 83.3. The number of hydrogen-bond acceptors (Lipinski definition) is 17. The third-order valence-electron chi connectivity index (χ3n) is 5.87. The molecule has 10 atom stereocenters. The van der Waals surface area contributed by atoms with E-state index in [2.05, 4.69) is 0 Å². The molecule has 17 nitrogen and oxygen atoms in total. The Labute approximate surface area is 250 Å². The summed E-state index contributed by atoms with van der Waals surface area (Å²) in [5.41, 5.74) is 0. The van der Waals surface area contributed by atoms with Crippen LogP contribution >= 0.6 is 0 Å². The van der Waals surface area contributed by atoms with Crippen LogP contribution in [-0.2, 0) is 80.9 Å². The summed E-state index contributed by atoms with van der Waals surface area (Å²) in [5, 5.41) is 0. The van der Waals surface area contributed by atoms with Crippen LogP contribution in [0.2, 0.25) is 0 Å². The number of hydrogen-bond donors (Lipinski definition) is 0. The predicted octanol–water partition coefficient (Wildman–Crippen LogP) is -0.424. The molecule has 0 saturated carbocycles. The predicted molar refractivity (Wildman–Crippen MR) is 134 cm³/mol. The molecule has 0 aromatic carbocycles. The van der Waals surface area contributed by atoms with Gasteiger partial charge in [0.2, 0.25) is 6.36 Å². The van der Waals surface area contributed by atoms with Crippen molar-refractivity contribution in [3.05, 3.63) is 0 Å². The van der Waals surface area contributed by atoms with Crippen LogP contribution in [0.5, 0.6) is 0 Å². The van der Waals surface area contributed by atoms with Gasteiger partial charge in [0.05, 0.1) is 0 Å². The molecule has 2 saturated heterocycles. The lowest BCUT2D eigenvalue weighted by molar-refractivity contribution is -0.351. The second-order valence-electron chi connectivity index (χ2n) is 9.64. The number of carbonyl (C=O) groups excluding carboxylic acids is 7. The minimum Gasteiger partial charge on any atom is -0.463 e. The monoisotopic (exact) mass is 638 g/mol. The van der Waals surface area contributed by atoms with Gasteiger partial charge in [0.15, 0.2) is 36.8 Å². The average Bonchev–Trinajstić information content (AvgIpc) is 2.87. The summed E-state index contributed by atoms with van der Waals surface area (Å²) in [7, 11) is 0. The van der Waals surface area contributed by atoms with E-state index in [-0.39, 0.29) is 0 Å². The maximum absolute atomic E-state index is 15.2. The lowest BCUT2D eigenvalue weighted by Gasteiger charge is -2.47. The molecule has 2 fully saturated rings. The molecular weight excluding hydrogens is 603 g/mol. The molecule has 18 heteroatoms. The van der Waals surface area contributed by atoms with Gasteiger partial charge in [-0.25, -0.2) is 4.39 Å². The van der Waals surface area contributed by atoms with Gasteiger partial charge in [-0.2, -0.15) is 0 Å². The van der Waals surface area contributed by atoms with Crippen LogP contribution in [0.25, 0.3) is 0 Å². The molecule has 0 bridgehead atoms. The van der Waals surface area contributed by atoms with Gasteiger partial charge in [0.1, 0.15) is 31.5 Å². The van der Waals surface area contributed by atoms with Crippen LogP contribution in [0.3, 0.4) is 0 Å². The first-order valence-corrected chi connectivity index (χ1v) is 13.2. The van der Waals surface area contributed by atoms with E-state index in [0.717, 1.165) is 48.5 Å². The Morgan fingerprint density at radius 1 is 0.477 bits per heavy atom. The zero-order chi connectivity index (χ0) is 33.3. The number of ether oxygens (including phenoxy) is 10. The highest BCUT2D eigenvalue weighted by atomic mass is 19.1. The molecule has 0 aromatic heterocycles. The van der Waals surface area contributed by atoms with E-state index in [1.54, 1.807) is 0 Å². The van der Waals surface area contributed by atoms with Gasteiger partial charge >= 0.3 is 41.8 Å². The topological polar surface area (TPSA) is 212 Å². The molecule has 2 aliphatic heterocycles. The molecule has 2 aliphatic rings. The van der Waals surface area contributed by atoms with Gasteiger partial charge in [-0.05, 0) is 0 Å². The molecule has 4 unspecified atom stereocenters. The molecule has 0 spiro atoms. The van der Waals surface area contributed by atoms with E-state index in [4.69, 9.17) is 47.4 Å². The fourth-order valence-electron chi connectivity index (χ4n) is 4.46. The van der Waals surface area contributed by atoms with Crippen molar-refractivity contribution in [2.24, 2.45) is 0 Å². The van der Waals surface area contributed by atoms with Crippen LogP contribution in [-0.4, -0.2) is 116 Å². The van der Waals surface area contributed by atoms with Crippen molar-refractivity contribution < 1.29 is 85.3 Å². The number of rotatable bonds is 11. The van der Waals surface area contributed by atoms with Gasteiger partial charge in [-0.15, -0.1) is 0 Å². The maximum Gasteiger partial charge on any atom is 0.303 e. The van der Waals surface area contributed by atoms with Crippen molar-refractivity contribution in [2.75, 3.05) is 13.2 Å². The average molecular weight is 639 g/mol. The number of carbonyl (C=O) groups is 7. The SMILES string of the molecule is CC(=O)OCC1O[C@@H](O[C@@H]2C(COC(C)=O)O[C@@H](F)[C@@H](OC(C)=O)C2OC(C)=O)[C@@H](OC(C)=O)C(OC(C)=O)[C@@H]1OC(C)=O.